The van der Waals surface area contributed by atoms with Crippen LogP contribution in [0.15, 0.2) is 27.4 Å². The van der Waals surface area contributed by atoms with E-state index in [2.05, 4.69) is 36.8 Å². The third-order valence-electron chi connectivity index (χ3n) is 0.714. The lowest BCUT2D eigenvalue weighted by Gasteiger charge is -1.88. The molecule has 2 N–H and O–H groups in total. The third kappa shape index (κ3) is 9.90. The topological polar surface area (TPSA) is 87.5 Å². The van der Waals surface area contributed by atoms with Gasteiger partial charge in [0.2, 0.25) is 0 Å². The van der Waals surface area contributed by atoms with Crippen LogP contribution in [0, 0.1) is 0 Å². The molecule has 0 spiro atoms. The van der Waals surface area contributed by atoms with Gasteiger partial charge in [0, 0.05) is 6.20 Å². The first-order chi connectivity index (χ1) is 5.80. The Morgan fingerprint density at radius 3 is 2.00 bits per heavy atom. The van der Waals surface area contributed by atoms with E-state index in [1.807, 2.05) is 12.1 Å². The van der Waals surface area contributed by atoms with Crippen molar-refractivity contribution < 1.29 is 17.5 Å². The lowest BCUT2D eigenvalue weighted by atomic mass is 10.5. The highest BCUT2D eigenvalue weighted by Gasteiger charge is 1.90. The summed E-state index contributed by atoms with van der Waals surface area (Å²) in [5.74, 6) is 0. The molecule has 1 heterocycles. The molecule has 5 nitrogen and oxygen atoms in total. The Balaban J connectivity index is 0.000000252. The van der Waals surface area contributed by atoms with Crippen molar-refractivity contribution in [2.75, 3.05) is 0 Å². The van der Waals surface area contributed by atoms with Crippen molar-refractivity contribution >= 4 is 42.3 Å². The van der Waals surface area contributed by atoms with Crippen molar-refractivity contribution in [2.45, 2.75) is 0 Å². The Morgan fingerprint density at radius 2 is 1.77 bits per heavy atom. The van der Waals surface area contributed by atoms with E-state index in [-0.39, 0.29) is 0 Å². The molecule has 1 aromatic rings. The average Bonchev–Trinajstić information content (AvgIpc) is 1.92. The van der Waals surface area contributed by atoms with Gasteiger partial charge in [-0.2, -0.15) is 8.42 Å². The largest absolute Gasteiger partial charge is 0.394 e. The Morgan fingerprint density at radius 1 is 1.31 bits per heavy atom. The highest BCUT2D eigenvalue weighted by atomic mass is 79.9. The van der Waals surface area contributed by atoms with Gasteiger partial charge in [0.15, 0.2) is 0 Å². The van der Waals surface area contributed by atoms with E-state index >= 15 is 0 Å². The fourth-order valence-corrected chi connectivity index (χ4v) is 0.872. The van der Waals surface area contributed by atoms with Gasteiger partial charge in [-0.15, -0.1) is 0 Å². The van der Waals surface area contributed by atoms with Crippen LogP contribution < -0.4 is 0 Å². The molecule has 0 aliphatic carbocycles. The lowest BCUT2D eigenvalue weighted by molar-refractivity contribution is 0.381. The van der Waals surface area contributed by atoms with Gasteiger partial charge < -0.3 is 0 Å². The van der Waals surface area contributed by atoms with Crippen LogP contribution in [0.5, 0.6) is 0 Å². The van der Waals surface area contributed by atoms with E-state index in [0.29, 0.717) is 0 Å². The first-order valence-electron chi connectivity index (χ1n) is 2.76. The van der Waals surface area contributed by atoms with Crippen LogP contribution in [0.4, 0.5) is 0 Å². The maximum Gasteiger partial charge on any atom is 0.394 e. The van der Waals surface area contributed by atoms with Crippen LogP contribution in [0.25, 0.3) is 0 Å². The molecule has 0 atom stereocenters. The number of pyridine rings is 1. The number of aromatic nitrogens is 1. The zero-order chi connectivity index (χ0) is 10.5. The van der Waals surface area contributed by atoms with Crippen molar-refractivity contribution in [1.82, 2.24) is 4.98 Å². The van der Waals surface area contributed by atoms with Crippen LogP contribution in [0.3, 0.4) is 0 Å². The summed E-state index contributed by atoms with van der Waals surface area (Å²) in [5, 5.41) is 0. The molecule has 0 saturated carbocycles. The summed E-state index contributed by atoms with van der Waals surface area (Å²) in [6, 6.07) is 3.80. The normalized spacial score (nSPS) is 10.2. The molecule has 0 amide bonds. The molecule has 1 aromatic heterocycles. The lowest BCUT2D eigenvalue weighted by Crippen LogP contribution is -1.89. The molecule has 8 heteroatoms. The molecular formula is C5H5Br2NO4S. The molecule has 1 rings (SSSR count). The van der Waals surface area contributed by atoms with Crippen molar-refractivity contribution in [3.8, 4) is 0 Å². The predicted octanol–water partition coefficient (Wildman–Crippen LogP) is 1.95. The molecule has 0 fully saturated rings. The van der Waals surface area contributed by atoms with E-state index in [1.165, 1.54) is 0 Å². The second-order valence-electron chi connectivity index (χ2n) is 1.72. The van der Waals surface area contributed by atoms with Gasteiger partial charge in [0.05, 0.1) is 4.47 Å². The van der Waals surface area contributed by atoms with Gasteiger partial charge in [-0.3, -0.25) is 9.11 Å². The first kappa shape index (κ1) is 13.0. The number of hydrogen-bond acceptors (Lipinski definition) is 3. The molecule has 74 valence electrons. The van der Waals surface area contributed by atoms with Crippen LogP contribution in [0.1, 0.15) is 0 Å². The smallest absolute Gasteiger partial charge is 0.264 e. The van der Waals surface area contributed by atoms with Crippen molar-refractivity contribution in [2.24, 2.45) is 0 Å². The molecule has 0 unspecified atom stereocenters. The van der Waals surface area contributed by atoms with E-state index in [9.17, 15) is 0 Å². The molecule has 13 heavy (non-hydrogen) atoms. The Bertz CT molecular complexity index is 338. The fraction of sp³-hybridized carbons (Fsp3) is 0. The molecule has 0 saturated heterocycles. The SMILES string of the molecule is Brc1cccnc1Br.O=S(=O)(O)O. The van der Waals surface area contributed by atoms with Crippen molar-refractivity contribution in [1.29, 1.82) is 0 Å². The quantitative estimate of drug-likeness (QED) is 0.559. The monoisotopic (exact) mass is 333 g/mol. The highest BCUT2D eigenvalue weighted by molar-refractivity contribution is 9.13. The van der Waals surface area contributed by atoms with Gasteiger partial charge in [-0.25, -0.2) is 4.98 Å². The minimum Gasteiger partial charge on any atom is -0.264 e. The number of halogens is 2. The Kier molecular flexibility index (Phi) is 5.65. The summed E-state index contributed by atoms with van der Waals surface area (Å²) in [6.45, 7) is 0. The van der Waals surface area contributed by atoms with Gasteiger partial charge in [-0.1, -0.05) is 0 Å². The van der Waals surface area contributed by atoms with Crippen molar-refractivity contribution in [3.05, 3.63) is 27.4 Å². The van der Waals surface area contributed by atoms with E-state index in [0.717, 1.165) is 9.08 Å². The molecule has 0 radical (unpaired) electrons. The fourth-order valence-electron chi connectivity index (χ4n) is 0.366. The molecule has 0 aliphatic rings. The third-order valence-corrected chi connectivity index (χ3v) is 2.52. The highest BCUT2D eigenvalue weighted by Crippen LogP contribution is 2.17. The maximum atomic E-state index is 8.74. The van der Waals surface area contributed by atoms with Crippen LogP contribution in [-0.2, 0) is 10.4 Å². The first-order valence-corrected chi connectivity index (χ1v) is 5.75. The maximum absolute atomic E-state index is 8.74. The van der Waals surface area contributed by atoms with E-state index < -0.39 is 10.4 Å². The second kappa shape index (κ2) is 5.66. The minimum atomic E-state index is -4.67. The minimum absolute atomic E-state index is 0.847. The second-order valence-corrected chi connectivity index (χ2v) is 4.23. The molecular weight excluding hydrogens is 330 g/mol. The molecule has 0 bridgehead atoms. The van der Waals surface area contributed by atoms with Crippen LogP contribution >= 0.6 is 31.9 Å². The summed E-state index contributed by atoms with van der Waals surface area (Å²) >= 11 is 6.52. The van der Waals surface area contributed by atoms with Gasteiger partial charge in [-0.05, 0) is 44.0 Å². The van der Waals surface area contributed by atoms with Gasteiger partial charge in [0.1, 0.15) is 4.60 Å². The van der Waals surface area contributed by atoms with Gasteiger partial charge >= 0.3 is 10.4 Å². The Labute approximate surface area is 92.0 Å². The standard InChI is InChI=1S/C5H3Br2N.H2O4S/c6-4-2-1-3-8-5(4)7;1-5(2,3)4/h1-3H;(H2,1,2,3,4). The Hall–Kier alpha value is -0.0200. The zero-order valence-corrected chi connectivity index (χ0v) is 10.0. The summed E-state index contributed by atoms with van der Waals surface area (Å²) in [7, 11) is -4.67. The van der Waals surface area contributed by atoms with Crippen LogP contribution in [0.2, 0.25) is 0 Å². The van der Waals surface area contributed by atoms with E-state index in [4.69, 9.17) is 17.5 Å². The zero-order valence-electron chi connectivity index (χ0n) is 6.05. The summed E-state index contributed by atoms with van der Waals surface area (Å²) in [6.07, 6.45) is 1.73. The molecule has 0 aliphatic heterocycles. The van der Waals surface area contributed by atoms with Gasteiger partial charge in [0.25, 0.3) is 0 Å². The number of nitrogens with zero attached hydrogens (tertiary/aromatic N) is 1. The van der Waals surface area contributed by atoms with Crippen molar-refractivity contribution in [3.63, 3.8) is 0 Å². The number of hydrogen-bond donors (Lipinski definition) is 2. The number of rotatable bonds is 0. The molecule has 0 aromatic carbocycles. The summed E-state index contributed by atoms with van der Waals surface area (Å²) < 4.78 is 33.4. The summed E-state index contributed by atoms with van der Waals surface area (Å²) in [5.41, 5.74) is 0. The van der Waals surface area contributed by atoms with Crippen LogP contribution in [-0.4, -0.2) is 22.5 Å². The van der Waals surface area contributed by atoms with E-state index in [1.54, 1.807) is 6.20 Å². The average molecular weight is 335 g/mol. The predicted molar refractivity (Wildman–Crippen MR) is 53.8 cm³/mol. The summed E-state index contributed by atoms with van der Waals surface area (Å²) in [4.78, 5) is 3.95.